The molecule has 1 rings (SSSR count). The van der Waals surface area contributed by atoms with Crippen molar-refractivity contribution in [3.8, 4) is 0 Å². The van der Waals surface area contributed by atoms with Gasteiger partial charge in [-0.25, -0.2) is 0 Å². The molecule has 0 fully saturated rings. The van der Waals surface area contributed by atoms with Crippen molar-refractivity contribution >= 4 is 0 Å². The molecule has 0 aromatic heterocycles. The average Bonchev–Trinajstić information content (AvgIpc) is 2.19. The molecular formula is C7H11N3O4. The Morgan fingerprint density at radius 1 is 1.36 bits per heavy atom. The zero-order valence-corrected chi connectivity index (χ0v) is 7.22. The highest BCUT2D eigenvalue weighted by molar-refractivity contribution is 5.21. The SMILES string of the molecule is [N-]=[N+]=NC1C=C(CO)C(O)C(O)C1O. The third-order valence-corrected chi connectivity index (χ3v) is 2.16. The predicted molar refractivity (Wildman–Crippen MR) is 46.1 cm³/mol. The van der Waals surface area contributed by atoms with Gasteiger partial charge >= 0.3 is 0 Å². The van der Waals surface area contributed by atoms with Gasteiger partial charge in [-0.15, -0.1) is 0 Å². The van der Waals surface area contributed by atoms with Crippen LogP contribution in [-0.2, 0) is 0 Å². The van der Waals surface area contributed by atoms with Crippen LogP contribution in [0.3, 0.4) is 0 Å². The Kier molecular flexibility index (Phi) is 3.45. The molecule has 4 atom stereocenters. The van der Waals surface area contributed by atoms with Gasteiger partial charge < -0.3 is 20.4 Å². The normalized spacial score (nSPS) is 37.3. The minimum atomic E-state index is -1.45. The third-order valence-electron chi connectivity index (χ3n) is 2.16. The summed E-state index contributed by atoms with van der Waals surface area (Å²) in [5, 5.41) is 40.0. The minimum absolute atomic E-state index is 0.139. The molecule has 0 heterocycles. The molecule has 0 aromatic rings. The molecule has 1 aliphatic carbocycles. The van der Waals surface area contributed by atoms with Crippen LogP contribution in [0.1, 0.15) is 0 Å². The molecule has 0 bridgehead atoms. The molecule has 78 valence electrons. The van der Waals surface area contributed by atoms with E-state index in [2.05, 4.69) is 10.0 Å². The molecule has 7 heteroatoms. The van der Waals surface area contributed by atoms with E-state index in [9.17, 15) is 15.3 Å². The Balaban J connectivity index is 2.98. The molecule has 0 spiro atoms. The molecule has 4 N–H and O–H groups in total. The lowest BCUT2D eigenvalue weighted by Gasteiger charge is -2.31. The summed E-state index contributed by atoms with van der Waals surface area (Å²) in [5.41, 5.74) is 8.30. The van der Waals surface area contributed by atoms with Gasteiger partial charge in [0.2, 0.25) is 0 Å². The largest absolute Gasteiger partial charge is 0.392 e. The van der Waals surface area contributed by atoms with Gasteiger partial charge in [-0.2, -0.15) is 0 Å². The molecule has 0 saturated heterocycles. The van der Waals surface area contributed by atoms with Crippen LogP contribution in [0.2, 0.25) is 0 Å². The first-order valence-corrected chi connectivity index (χ1v) is 4.01. The van der Waals surface area contributed by atoms with Crippen LogP contribution in [0.15, 0.2) is 16.8 Å². The summed E-state index contributed by atoms with van der Waals surface area (Å²) in [6.45, 7) is -0.456. The van der Waals surface area contributed by atoms with Crippen molar-refractivity contribution in [3.63, 3.8) is 0 Å². The van der Waals surface area contributed by atoms with Gasteiger partial charge in [-0.05, 0) is 11.1 Å². The molecule has 0 aromatic carbocycles. The lowest BCUT2D eigenvalue weighted by Crippen LogP contribution is -2.48. The second kappa shape index (κ2) is 4.41. The fraction of sp³-hybridized carbons (Fsp3) is 0.714. The van der Waals surface area contributed by atoms with Crippen LogP contribution in [-0.4, -0.2) is 51.4 Å². The molecule has 0 saturated carbocycles. The maximum Gasteiger partial charge on any atom is 0.110 e. The van der Waals surface area contributed by atoms with Crippen molar-refractivity contribution in [2.24, 2.45) is 5.11 Å². The zero-order valence-electron chi connectivity index (χ0n) is 7.22. The lowest BCUT2D eigenvalue weighted by atomic mass is 9.89. The number of hydrogen-bond acceptors (Lipinski definition) is 5. The van der Waals surface area contributed by atoms with Crippen LogP contribution in [0.5, 0.6) is 0 Å². The van der Waals surface area contributed by atoms with Crippen molar-refractivity contribution in [2.75, 3.05) is 6.61 Å². The van der Waals surface area contributed by atoms with Crippen molar-refractivity contribution in [2.45, 2.75) is 24.4 Å². The molecule has 4 unspecified atom stereocenters. The Morgan fingerprint density at radius 3 is 2.50 bits per heavy atom. The lowest BCUT2D eigenvalue weighted by molar-refractivity contribution is -0.0595. The maximum absolute atomic E-state index is 9.35. The second-order valence-corrected chi connectivity index (χ2v) is 3.02. The van der Waals surface area contributed by atoms with Crippen LogP contribution < -0.4 is 0 Å². The molecule has 0 radical (unpaired) electrons. The first kappa shape index (κ1) is 11.0. The molecule has 1 aliphatic rings. The number of aliphatic hydroxyl groups is 4. The van der Waals surface area contributed by atoms with E-state index in [0.29, 0.717) is 0 Å². The highest BCUT2D eigenvalue weighted by atomic mass is 16.4. The minimum Gasteiger partial charge on any atom is -0.392 e. The highest BCUT2D eigenvalue weighted by Crippen LogP contribution is 2.21. The first-order chi connectivity index (χ1) is 6.61. The summed E-state index contributed by atoms with van der Waals surface area (Å²) < 4.78 is 0. The van der Waals surface area contributed by atoms with Crippen LogP contribution in [0.25, 0.3) is 10.4 Å². The number of hydrogen-bond donors (Lipinski definition) is 4. The Bertz CT molecular complexity index is 287. The van der Waals surface area contributed by atoms with Gasteiger partial charge in [-0.3, -0.25) is 0 Å². The van der Waals surface area contributed by atoms with Gasteiger partial charge in [-0.1, -0.05) is 11.2 Å². The summed E-state index contributed by atoms with van der Waals surface area (Å²) in [7, 11) is 0. The summed E-state index contributed by atoms with van der Waals surface area (Å²) >= 11 is 0. The van der Waals surface area contributed by atoms with E-state index in [0.717, 1.165) is 0 Å². The second-order valence-electron chi connectivity index (χ2n) is 3.02. The number of aliphatic hydroxyl groups excluding tert-OH is 4. The van der Waals surface area contributed by atoms with E-state index in [4.69, 9.17) is 10.6 Å². The first-order valence-electron chi connectivity index (χ1n) is 4.01. The summed E-state index contributed by atoms with van der Waals surface area (Å²) in [4.78, 5) is 2.48. The molecule has 14 heavy (non-hydrogen) atoms. The van der Waals surface area contributed by atoms with Gasteiger partial charge in [0.15, 0.2) is 0 Å². The van der Waals surface area contributed by atoms with Crippen molar-refractivity contribution < 1.29 is 20.4 Å². The molecular weight excluding hydrogens is 190 g/mol. The van der Waals surface area contributed by atoms with Crippen LogP contribution in [0, 0.1) is 0 Å². The quantitative estimate of drug-likeness (QED) is 0.191. The Morgan fingerprint density at radius 2 is 2.00 bits per heavy atom. The molecule has 0 aliphatic heterocycles. The summed E-state index contributed by atoms with van der Waals surface area (Å²) in [6, 6.07) is -0.958. The monoisotopic (exact) mass is 201 g/mol. The van der Waals surface area contributed by atoms with Crippen LogP contribution in [0.4, 0.5) is 0 Å². The topological polar surface area (TPSA) is 130 Å². The fourth-order valence-corrected chi connectivity index (χ4v) is 1.33. The van der Waals surface area contributed by atoms with E-state index < -0.39 is 31.0 Å². The van der Waals surface area contributed by atoms with E-state index in [-0.39, 0.29) is 5.57 Å². The van der Waals surface area contributed by atoms with Gasteiger partial charge in [0.25, 0.3) is 0 Å². The maximum atomic E-state index is 9.35. The van der Waals surface area contributed by atoms with E-state index in [1.165, 1.54) is 6.08 Å². The van der Waals surface area contributed by atoms with Gasteiger partial charge in [0, 0.05) is 4.91 Å². The number of rotatable bonds is 2. The highest BCUT2D eigenvalue weighted by Gasteiger charge is 2.36. The predicted octanol–water partition coefficient (Wildman–Crippen LogP) is -1.32. The molecule has 0 amide bonds. The van der Waals surface area contributed by atoms with E-state index in [1.807, 2.05) is 0 Å². The standard InChI is InChI=1S/C7H11N3O4/c8-10-9-4-1-3(2-11)5(12)7(14)6(4)13/h1,4-7,11-14H,2H2. The van der Waals surface area contributed by atoms with Crippen molar-refractivity contribution in [3.05, 3.63) is 22.1 Å². The van der Waals surface area contributed by atoms with Gasteiger partial charge in [0.05, 0.1) is 18.8 Å². The van der Waals surface area contributed by atoms with E-state index in [1.54, 1.807) is 0 Å². The van der Waals surface area contributed by atoms with Crippen molar-refractivity contribution in [1.82, 2.24) is 0 Å². The summed E-state index contributed by atoms with van der Waals surface area (Å²) in [5.74, 6) is 0. The third kappa shape index (κ3) is 1.87. The van der Waals surface area contributed by atoms with E-state index >= 15 is 0 Å². The fourth-order valence-electron chi connectivity index (χ4n) is 1.33. The smallest absolute Gasteiger partial charge is 0.110 e. The zero-order chi connectivity index (χ0) is 10.7. The van der Waals surface area contributed by atoms with Crippen LogP contribution >= 0.6 is 0 Å². The van der Waals surface area contributed by atoms with Crippen molar-refractivity contribution in [1.29, 1.82) is 0 Å². The Labute approximate surface area is 79.5 Å². The van der Waals surface area contributed by atoms with Gasteiger partial charge in [0.1, 0.15) is 12.2 Å². The average molecular weight is 201 g/mol. The number of nitrogens with zero attached hydrogens (tertiary/aromatic N) is 3. The molecule has 7 nitrogen and oxygen atoms in total. The number of azide groups is 1. The Hall–Kier alpha value is -1.11. The summed E-state index contributed by atoms with van der Waals surface area (Å²) in [6.07, 6.45) is -2.86.